The van der Waals surface area contributed by atoms with Crippen LogP contribution in [-0.2, 0) is 4.79 Å². The van der Waals surface area contributed by atoms with Crippen molar-refractivity contribution >= 4 is 35.5 Å². The third kappa shape index (κ3) is 3.68. The largest absolute Gasteiger partial charge is 0.272 e. The second-order valence-corrected chi connectivity index (χ2v) is 7.79. The number of thioether (sulfide) groups is 1. The molecule has 0 aliphatic heterocycles. The quantitative estimate of drug-likeness (QED) is 0.450. The van der Waals surface area contributed by atoms with Crippen LogP contribution >= 0.6 is 23.4 Å². The van der Waals surface area contributed by atoms with Gasteiger partial charge in [0.1, 0.15) is 5.82 Å². The zero-order valence-electron chi connectivity index (χ0n) is 14.7. The molecule has 0 bridgehead atoms. The molecule has 1 aliphatic carbocycles. The predicted octanol–water partition coefficient (Wildman–Crippen LogP) is 5.43. The molecule has 0 unspecified atom stereocenters. The molecular formula is C22H16ClFN2OS. The number of carbonyl (C=O) groups excluding carboxylic acids is 1. The van der Waals surface area contributed by atoms with E-state index in [1.807, 2.05) is 24.3 Å². The van der Waals surface area contributed by atoms with E-state index >= 15 is 0 Å². The van der Waals surface area contributed by atoms with E-state index in [0.29, 0.717) is 0 Å². The highest BCUT2D eigenvalue weighted by Crippen LogP contribution is 2.49. The number of nitrogens with zero attached hydrogens (tertiary/aromatic N) is 1. The van der Waals surface area contributed by atoms with Crippen molar-refractivity contribution in [3.05, 3.63) is 94.3 Å². The van der Waals surface area contributed by atoms with Gasteiger partial charge in [-0.3, -0.25) is 4.79 Å². The first kappa shape index (κ1) is 18.7. The van der Waals surface area contributed by atoms with Gasteiger partial charge in [-0.2, -0.15) is 5.10 Å². The Morgan fingerprint density at radius 1 is 1.04 bits per heavy atom. The third-order valence-electron chi connectivity index (χ3n) is 4.54. The van der Waals surface area contributed by atoms with Crippen LogP contribution in [0.15, 0.2) is 71.8 Å². The van der Waals surface area contributed by atoms with Crippen LogP contribution < -0.4 is 5.43 Å². The first-order valence-electron chi connectivity index (χ1n) is 8.71. The van der Waals surface area contributed by atoms with Crippen molar-refractivity contribution in [1.82, 2.24) is 5.43 Å². The van der Waals surface area contributed by atoms with E-state index in [0.717, 1.165) is 0 Å². The molecule has 4 rings (SSSR count). The summed E-state index contributed by atoms with van der Waals surface area (Å²) in [4.78, 5) is 12.2. The van der Waals surface area contributed by atoms with Crippen LogP contribution in [0.25, 0.3) is 11.1 Å². The monoisotopic (exact) mass is 410 g/mol. The van der Waals surface area contributed by atoms with E-state index in [2.05, 4.69) is 34.8 Å². The van der Waals surface area contributed by atoms with E-state index in [1.165, 1.54) is 40.6 Å². The average molecular weight is 411 g/mol. The van der Waals surface area contributed by atoms with Gasteiger partial charge in [-0.05, 0) is 34.4 Å². The van der Waals surface area contributed by atoms with Gasteiger partial charge in [0.2, 0.25) is 5.91 Å². The van der Waals surface area contributed by atoms with Crippen LogP contribution in [0.3, 0.4) is 0 Å². The van der Waals surface area contributed by atoms with Crippen LogP contribution in [0.2, 0.25) is 5.02 Å². The van der Waals surface area contributed by atoms with Crippen molar-refractivity contribution in [2.45, 2.75) is 5.25 Å². The number of hydrogen-bond acceptors (Lipinski definition) is 3. The van der Waals surface area contributed by atoms with Gasteiger partial charge in [0.15, 0.2) is 0 Å². The van der Waals surface area contributed by atoms with Gasteiger partial charge in [0, 0.05) is 5.56 Å². The highest BCUT2D eigenvalue weighted by atomic mass is 35.5. The molecule has 1 N–H and O–H groups in total. The van der Waals surface area contributed by atoms with E-state index in [9.17, 15) is 9.18 Å². The number of fused-ring (bicyclic) bond motifs is 3. The lowest BCUT2D eigenvalue weighted by atomic mass is 10.1. The van der Waals surface area contributed by atoms with Gasteiger partial charge in [-0.25, -0.2) is 9.82 Å². The molecule has 0 fully saturated rings. The van der Waals surface area contributed by atoms with E-state index in [4.69, 9.17) is 11.6 Å². The highest BCUT2D eigenvalue weighted by molar-refractivity contribution is 8.00. The van der Waals surface area contributed by atoms with Gasteiger partial charge < -0.3 is 0 Å². The molecule has 3 nitrogen and oxygen atoms in total. The van der Waals surface area contributed by atoms with Crippen molar-refractivity contribution in [2.75, 3.05) is 5.75 Å². The summed E-state index contributed by atoms with van der Waals surface area (Å²) in [7, 11) is 0. The number of rotatable bonds is 5. The summed E-state index contributed by atoms with van der Waals surface area (Å²) in [5.41, 5.74) is 7.44. The second kappa shape index (κ2) is 8.17. The van der Waals surface area contributed by atoms with E-state index in [-0.39, 0.29) is 27.5 Å². The van der Waals surface area contributed by atoms with Crippen LogP contribution in [0.4, 0.5) is 4.39 Å². The van der Waals surface area contributed by atoms with Crippen molar-refractivity contribution in [3.8, 4) is 11.1 Å². The standard InChI is InChI=1S/C22H16ClFN2OS/c23-19-10-5-11-20(24)18(19)12-25-26-21(27)13-28-22-16-8-3-1-6-14(16)15-7-2-4-9-17(15)22/h1-12,22H,13H2,(H,26,27)/b25-12-. The van der Waals surface area contributed by atoms with Crippen molar-refractivity contribution < 1.29 is 9.18 Å². The molecule has 1 aliphatic rings. The predicted molar refractivity (Wildman–Crippen MR) is 113 cm³/mol. The molecule has 28 heavy (non-hydrogen) atoms. The van der Waals surface area contributed by atoms with Gasteiger partial charge in [-0.1, -0.05) is 66.2 Å². The number of halogens is 2. The fourth-order valence-corrected chi connectivity index (χ4v) is 4.65. The molecule has 0 saturated heterocycles. The maximum atomic E-state index is 13.7. The number of benzene rings is 3. The van der Waals surface area contributed by atoms with Gasteiger partial charge in [-0.15, -0.1) is 11.8 Å². The molecule has 0 spiro atoms. The molecule has 3 aromatic carbocycles. The third-order valence-corrected chi connectivity index (χ3v) is 6.14. The molecule has 0 saturated carbocycles. The molecule has 0 radical (unpaired) electrons. The molecule has 3 aromatic rings. The minimum Gasteiger partial charge on any atom is -0.272 e. The fourth-order valence-electron chi connectivity index (χ4n) is 3.28. The summed E-state index contributed by atoms with van der Waals surface area (Å²) in [6, 6.07) is 20.9. The zero-order valence-corrected chi connectivity index (χ0v) is 16.3. The lowest BCUT2D eigenvalue weighted by Crippen LogP contribution is -2.20. The number of hydrazone groups is 1. The molecule has 140 valence electrons. The summed E-state index contributed by atoms with van der Waals surface area (Å²) in [6.45, 7) is 0. The van der Waals surface area contributed by atoms with Gasteiger partial charge in [0.25, 0.3) is 0 Å². The minimum atomic E-state index is -0.487. The molecular weight excluding hydrogens is 395 g/mol. The Labute approximate surface area is 171 Å². The van der Waals surface area contributed by atoms with Crippen LogP contribution in [-0.4, -0.2) is 17.9 Å². The van der Waals surface area contributed by atoms with Crippen LogP contribution in [0.5, 0.6) is 0 Å². The molecule has 0 heterocycles. The summed E-state index contributed by atoms with van der Waals surface area (Å²) in [5, 5.41) is 4.18. The number of amides is 1. The van der Waals surface area contributed by atoms with Crippen LogP contribution in [0.1, 0.15) is 21.9 Å². The number of carbonyl (C=O) groups is 1. The Bertz CT molecular complexity index is 1000. The topological polar surface area (TPSA) is 41.5 Å². The minimum absolute atomic E-state index is 0.100. The second-order valence-electron chi connectivity index (χ2n) is 6.29. The maximum Gasteiger partial charge on any atom is 0.250 e. The molecule has 1 amide bonds. The Kier molecular flexibility index (Phi) is 5.46. The Balaban J connectivity index is 1.42. The lowest BCUT2D eigenvalue weighted by Gasteiger charge is -2.12. The van der Waals surface area contributed by atoms with E-state index in [1.54, 1.807) is 17.8 Å². The Morgan fingerprint density at radius 3 is 2.32 bits per heavy atom. The summed E-state index contributed by atoms with van der Waals surface area (Å²) >= 11 is 7.48. The zero-order chi connectivity index (χ0) is 19.5. The highest BCUT2D eigenvalue weighted by Gasteiger charge is 2.28. The van der Waals surface area contributed by atoms with E-state index < -0.39 is 5.82 Å². The summed E-state index contributed by atoms with van der Waals surface area (Å²) in [6.07, 6.45) is 1.22. The number of nitrogens with one attached hydrogen (secondary N) is 1. The van der Waals surface area contributed by atoms with Gasteiger partial charge in [0.05, 0.1) is 22.2 Å². The maximum absolute atomic E-state index is 13.7. The Hall–Kier alpha value is -2.63. The van der Waals surface area contributed by atoms with Crippen molar-refractivity contribution in [2.24, 2.45) is 5.10 Å². The first-order chi connectivity index (χ1) is 13.6. The van der Waals surface area contributed by atoms with Crippen LogP contribution in [0, 0.1) is 5.82 Å². The van der Waals surface area contributed by atoms with Gasteiger partial charge >= 0.3 is 0 Å². The average Bonchev–Trinajstić information content (AvgIpc) is 3.02. The fraction of sp³-hybridized carbons (Fsp3) is 0.0909. The normalized spacial score (nSPS) is 12.8. The molecule has 0 atom stereocenters. The first-order valence-corrected chi connectivity index (χ1v) is 10.1. The number of hydrogen-bond donors (Lipinski definition) is 1. The molecule has 6 heteroatoms. The summed E-state index contributed by atoms with van der Waals surface area (Å²) < 4.78 is 13.7. The lowest BCUT2D eigenvalue weighted by molar-refractivity contribution is -0.118. The Morgan fingerprint density at radius 2 is 1.68 bits per heavy atom. The smallest absolute Gasteiger partial charge is 0.250 e. The SMILES string of the molecule is O=C(CSC1c2ccccc2-c2ccccc21)N/N=C\c1c(F)cccc1Cl. The molecule has 0 aromatic heterocycles. The van der Waals surface area contributed by atoms with Crippen molar-refractivity contribution in [1.29, 1.82) is 0 Å². The summed E-state index contributed by atoms with van der Waals surface area (Å²) in [5.74, 6) is -0.509. The van der Waals surface area contributed by atoms with Crippen molar-refractivity contribution in [3.63, 3.8) is 0 Å².